The zero-order valence-corrected chi connectivity index (χ0v) is 22.6. The third-order valence-electron chi connectivity index (χ3n) is 6.40. The molecule has 0 unspecified atom stereocenters. The minimum absolute atomic E-state index is 0.0256. The minimum Gasteiger partial charge on any atom is -0.480 e. The summed E-state index contributed by atoms with van der Waals surface area (Å²) in [6, 6.07) is -1.07. The highest BCUT2D eigenvalue weighted by atomic mass is 16.4. The molecule has 2 rings (SSSR count). The maximum Gasteiger partial charge on any atom is 0.326 e. The van der Waals surface area contributed by atoms with Crippen LogP contribution in [0.5, 0.6) is 0 Å². The number of amides is 2. The lowest BCUT2D eigenvalue weighted by Crippen LogP contribution is -2.43. The number of nitrogens with one attached hydrogen (secondary N) is 3. The van der Waals surface area contributed by atoms with Crippen LogP contribution in [-0.2, 0) is 20.8 Å². The molecule has 0 bridgehead atoms. The summed E-state index contributed by atoms with van der Waals surface area (Å²) in [7, 11) is 0. The fourth-order valence-electron chi connectivity index (χ4n) is 4.32. The second-order valence-electron chi connectivity index (χ2n) is 10.2. The fraction of sp³-hybridized carbons (Fsp3) is 0.448. The minimum atomic E-state index is -1.14. The molecule has 8 heteroatoms. The van der Waals surface area contributed by atoms with E-state index in [2.05, 4.69) is 53.5 Å². The van der Waals surface area contributed by atoms with Gasteiger partial charge in [0, 0.05) is 37.4 Å². The summed E-state index contributed by atoms with van der Waals surface area (Å²) in [4.78, 5) is 42.3. The quantitative estimate of drug-likeness (QED) is 0.243. The molecule has 2 amide bonds. The molecule has 0 aromatic carbocycles. The van der Waals surface area contributed by atoms with E-state index in [-0.39, 0.29) is 30.7 Å². The van der Waals surface area contributed by atoms with E-state index < -0.39 is 17.9 Å². The van der Waals surface area contributed by atoms with Crippen molar-refractivity contribution in [3.8, 4) is 0 Å². The number of aliphatic carboxylic acids is 1. The number of aromatic amines is 1. The Kier molecular flexibility index (Phi) is 11.3. The van der Waals surface area contributed by atoms with Crippen molar-refractivity contribution in [1.29, 1.82) is 0 Å². The van der Waals surface area contributed by atoms with Gasteiger partial charge in [0.05, 0.1) is 6.33 Å². The van der Waals surface area contributed by atoms with Gasteiger partial charge in [-0.2, -0.15) is 0 Å². The molecule has 1 aromatic rings. The third kappa shape index (κ3) is 10.5. The van der Waals surface area contributed by atoms with Crippen molar-refractivity contribution in [1.82, 2.24) is 20.6 Å². The molecule has 1 aliphatic rings. The van der Waals surface area contributed by atoms with Crippen LogP contribution in [0.3, 0.4) is 0 Å². The maximum absolute atomic E-state index is 12.2. The zero-order valence-electron chi connectivity index (χ0n) is 22.6. The van der Waals surface area contributed by atoms with Crippen molar-refractivity contribution in [3.63, 3.8) is 0 Å². The van der Waals surface area contributed by atoms with Gasteiger partial charge in [0.25, 0.3) is 0 Å². The van der Waals surface area contributed by atoms with Crippen LogP contribution in [0, 0.1) is 5.41 Å². The molecular formula is C29H40N4O4. The fourth-order valence-corrected chi connectivity index (χ4v) is 4.32. The Labute approximate surface area is 219 Å². The smallest absolute Gasteiger partial charge is 0.326 e. The van der Waals surface area contributed by atoms with Gasteiger partial charge in [-0.25, -0.2) is 9.78 Å². The Bertz CT molecular complexity index is 1100. The molecule has 0 spiro atoms. The van der Waals surface area contributed by atoms with E-state index in [9.17, 15) is 19.5 Å². The number of hydrogen-bond acceptors (Lipinski definition) is 4. The predicted molar refractivity (Wildman–Crippen MR) is 146 cm³/mol. The molecule has 1 atom stereocenters. The number of aromatic nitrogens is 2. The monoisotopic (exact) mass is 508 g/mol. The van der Waals surface area contributed by atoms with Crippen LogP contribution < -0.4 is 10.6 Å². The Morgan fingerprint density at radius 1 is 1.22 bits per heavy atom. The van der Waals surface area contributed by atoms with Gasteiger partial charge in [0.15, 0.2) is 0 Å². The van der Waals surface area contributed by atoms with E-state index in [1.165, 1.54) is 42.6 Å². The first-order valence-corrected chi connectivity index (χ1v) is 12.7. The average molecular weight is 509 g/mol. The highest BCUT2D eigenvalue weighted by molar-refractivity contribution is 5.89. The van der Waals surface area contributed by atoms with Crippen LogP contribution in [0.1, 0.15) is 66.0 Å². The van der Waals surface area contributed by atoms with E-state index in [4.69, 9.17) is 0 Å². The zero-order chi connectivity index (χ0) is 27.4. The summed E-state index contributed by atoms with van der Waals surface area (Å²) in [5.74, 6) is -1.91. The summed E-state index contributed by atoms with van der Waals surface area (Å²) >= 11 is 0. The SMILES string of the molecule is CC1=C(/C=C/C(C)=C/C=C/C(C)=C/C(=O)NCCC(=O)N[C@@H](Cc2cnc[nH]2)C(=O)O)C(C)(C)CCC1. The van der Waals surface area contributed by atoms with Crippen LogP contribution in [0.4, 0.5) is 0 Å². The largest absolute Gasteiger partial charge is 0.480 e. The third-order valence-corrected chi connectivity index (χ3v) is 6.40. The van der Waals surface area contributed by atoms with Crippen LogP contribution in [0.2, 0.25) is 0 Å². The van der Waals surface area contributed by atoms with Crippen LogP contribution >= 0.6 is 0 Å². The van der Waals surface area contributed by atoms with E-state index in [0.717, 1.165) is 17.6 Å². The van der Waals surface area contributed by atoms with Gasteiger partial charge in [-0.1, -0.05) is 55.4 Å². The molecule has 0 saturated heterocycles. The Morgan fingerprint density at radius 2 is 1.97 bits per heavy atom. The van der Waals surface area contributed by atoms with Crippen LogP contribution in [0.15, 0.2) is 71.3 Å². The van der Waals surface area contributed by atoms with Crippen molar-refractivity contribution in [3.05, 3.63) is 77.0 Å². The molecule has 37 heavy (non-hydrogen) atoms. The van der Waals surface area contributed by atoms with Gasteiger partial charge >= 0.3 is 5.97 Å². The molecule has 1 aliphatic carbocycles. The molecule has 0 saturated carbocycles. The predicted octanol–water partition coefficient (Wildman–Crippen LogP) is 4.56. The molecular weight excluding hydrogens is 468 g/mol. The topological polar surface area (TPSA) is 124 Å². The number of nitrogens with zero attached hydrogens (tertiary/aromatic N) is 1. The van der Waals surface area contributed by atoms with Gasteiger partial charge in [-0.3, -0.25) is 9.59 Å². The number of carbonyl (C=O) groups excluding carboxylic acids is 2. The Hall–Kier alpha value is -3.68. The number of imidazole rings is 1. The highest BCUT2D eigenvalue weighted by Gasteiger charge is 2.26. The van der Waals surface area contributed by atoms with Gasteiger partial charge in [-0.15, -0.1) is 0 Å². The molecule has 0 fully saturated rings. The number of carbonyl (C=O) groups is 3. The van der Waals surface area contributed by atoms with Gasteiger partial charge in [0.1, 0.15) is 6.04 Å². The molecule has 0 radical (unpaired) electrons. The first kappa shape index (κ1) is 29.5. The first-order valence-electron chi connectivity index (χ1n) is 12.7. The molecule has 0 aliphatic heterocycles. The second-order valence-corrected chi connectivity index (χ2v) is 10.2. The molecule has 200 valence electrons. The maximum atomic E-state index is 12.2. The van der Waals surface area contributed by atoms with E-state index in [0.29, 0.717) is 5.69 Å². The average Bonchev–Trinajstić information content (AvgIpc) is 3.31. The number of allylic oxidation sites excluding steroid dienone is 9. The summed E-state index contributed by atoms with van der Waals surface area (Å²) in [6.07, 6.45) is 18.2. The van der Waals surface area contributed by atoms with Gasteiger partial charge in [0.2, 0.25) is 11.8 Å². The Balaban J connectivity index is 1.79. The summed E-state index contributed by atoms with van der Waals surface area (Å²) in [5, 5.41) is 14.4. The summed E-state index contributed by atoms with van der Waals surface area (Å²) in [6.45, 7) is 10.8. The van der Waals surface area contributed by atoms with E-state index in [1.807, 2.05) is 32.1 Å². The molecule has 4 N–H and O–H groups in total. The number of rotatable bonds is 12. The van der Waals surface area contributed by atoms with Gasteiger partial charge < -0.3 is 20.7 Å². The van der Waals surface area contributed by atoms with Crippen LogP contribution in [0.25, 0.3) is 0 Å². The standard InChI is InChI=1S/C29H40N4O4/c1-20(11-12-24-22(3)10-7-14-29(24,4)5)8-6-9-21(2)16-27(35)31-15-13-26(34)33-25(28(36)37)17-23-18-30-19-32-23/h6,8-9,11-12,16,18-19,25H,7,10,13-15,17H2,1-5H3,(H,30,32)(H,31,35)(H,33,34)(H,36,37)/b9-6+,12-11+,20-8+,21-16+/t25-/m0/s1. The second kappa shape index (κ2) is 14.2. The lowest BCUT2D eigenvalue weighted by atomic mass is 9.72. The van der Waals surface area contributed by atoms with E-state index >= 15 is 0 Å². The number of carboxylic acids is 1. The lowest BCUT2D eigenvalue weighted by Gasteiger charge is -2.32. The van der Waals surface area contributed by atoms with Gasteiger partial charge in [-0.05, 0) is 56.6 Å². The molecule has 1 heterocycles. The van der Waals surface area contributed by atoms with Crippen molar-refractivity contribution in [2.75, 3.05) is 6.54 Å². The number of carboxylic acid groups (broad SMARTS) is 1. The molecule has 1 aromatic heterocycles. The normalized spacial score (nSPS) is 17.3. The van der Waals surface area contributed by atoms with Crippen LogP contribution in [-0.4, -0.2) is 45.4 Å². The summed E-state index contributed by atoms with van der Waals surface area (Å²) < 4.78 is 0. The van der Waals surface area contributed by atoms with E-state index in [1.54, 1.807) is 0 Å². The van der Waals surface area contributed by atoms with Crippen molar-refractivity contribution in [2.24, 2.45) is 5.41 Å². The first-order chi connectivity index (χ1) is 17.5. The summed E-state index contributed by atoms with van der Waals surface area (Å²) in [5.41, 5.74) is 5.60. The number of H-pyrrole nitrogens is 1. The van der Waals surface area contributed by atoms with Crippen molar-refractivity contribution in [2.45, 2.75) is 72.8 Å². The number of hydrogen-bond donors (Lipinski definition) is 4. The van der Waals surface area contributed by atoms with Crippen molar-refractivity contribution >= 4 is 17.8 Å². The Morgan fingerprint density at radius 3 is 2.62 bits per heavy atom. The molecule has 8 nitrogen and oxygen atoms in total. The van der Waals surface area contributed by atoms with Crippen molar-refractivity contribution < 1.29 is 19.5 Å². The highest BCUT2D eigenvalue weighted by Crippen LogP contribution is 2.40. The lowest BCUT2D eigenvalue weighted by molar-refractivity contribution is -0.141.